The Labute approximate surface area is 634 Å². The van der Waals surface area contributed by atoms with Gasteiger partial charge in [0.1, 0.15) is 28.2 Å². The van der Waals surface area contributed by atoms with E-state index in [2.05, 4.69) is 29.8 Å². The molecule has 1 saturated heterocycles. The average molecular weight is 1520 g/mol. The molecule has 27 nitrogen and oxygen atoms in total. The van der Waals surface area contributed by atoms with Crippen molar-refractivity contribution in [2.75, 3.05) is 14.2 Å². The molecule has 0 saturated carbocycles. The predicted octanol–water partition coefficient (Wildman–Crippen LogP) is 13.5. The number of aromatic carboxylic acids is 3. The first-order valence-electron chi connectivity index (χ1n) is 30.7. The van der Waals surface area contributed by atoms with E-state index < -0.39 is 29.8 Å². The fourth-order valence-corrected chi connectivity index (χ4v) is 11.1. The first-order valence-corrected chi connectivity index (χ1v) is 32.1. The second kappa shape index (κ2) is 35.9. The molecule has 14 rings (SSSR count). The number of fused-ring (bicyclic) bond motifs is 4. The molecule has 6 aromatic heterocycles. The third kappa shape index (κ3) is 18.9. The summed E-state index contributed by atoms with van der Waals surface area (Å²) in [6.07, 6.45) is 0.532. The number of esters is 2. The zero-order chi connectivity index (χ0) is 75.0. The summed E-state index contributed by atoms with van der Waals surface area (Å²) >= 11 is 23.6. The molecule has 1 aliphatic heterocycles. The average Bonchev–Trinajstić information content (AvgIpc) is 1.63. The van der Waals surface area contributed by atoms with Gasteiger partial charge in [-0.15, -0.1) is 0 Å². The van der Waals surface area contributed by atoms with Crippen LogP contribution >= 0.6 is 46.6 Å². The van der Waals surface area contributed by atoms with Crippen molar-refractivity contribution in [1.29, 1.82) is 5.41 Å². The Hall–Kier alpha value is -11.4. The van der Waals surface area contributed by atoms with E-state index in [0.717, 1.165) is 77.2 Å². The van der Waals surface area contributed by atoms with E-state index in [0.29, 0.717) is 81.6 Å². The SMILES string of the molecule is COC(=O)c1ccc(-c2noc(-c3cc4c(C)c(Cl)cc(C)c4o3)n2)cc1.COC(=O)c1ccc(C(=N)N)cc1.Cc1c(Cl)cc(C)c2oc(-c3nc(-c4ccc(C(=O)O)cc4)no3)cc12.Cc1c(Cl)cc(C)c2oc(C(=O)O)cc12.Cc1ccc(C)c2oc(C(=O)O)cc12.O.O=C1CCC(=O)N1Cl.[Li+].[OH-]. The van der Waals surface area contributed by atoms with Crippen molar-refractivity contribution >= 4 is 138 Å². The van der Waals surface area contributed by atoms with Crippen LogP contribution in [0, 0.1) is 60.8 Å². The molecular weight excluding hydrogens is 1460 g/mol. The van der Waals surface area contributed by atoms with Gasteiger partial charge in [-0.05, 0) is 179 Å². The van der Waals surface area contributed by atoms with Crippen molar-refractivity contribution in [1.82, 2.24) is 24.7 Å². The van der Waals surface area contributed by atoms with Crippen LogP contribution in [0.4, 0.5) is 0 Å². The summed E-state index contributed by atoms with van der Waals surface area (Å²) in [5.74, 6) is -2.35. The largest absolute Gasteiger partial charge is 1.00 e. The molecule has 7 heterocycles. The van der Waals surface area contributed by atoms with Crippen LogP contribution in [-0.4, -0.2) is 113 Å². The smallest absolute Gasteiger partial charge is 0.870 e. The van der Waals surface area contributed by atoms with Crippen molar-refractivity contribution in [3.05, 3.63) is 221 Å². The Morgan fingerprint density at radius 1 is 0.472 bits per heavy atom. The van der Waals surface area contributed by atoms with E-state index in [-0.39, 0.29) is 89.2 Å². The Bertz CT molecular complexity index is 5410. The van der Waals surface area contributed by atoms with E-state index in [9.17, 15) is 33.6 Å². The van der Waals surface area contributed by atoms with Crippen LogP contribution in [0.15, 0.2) is 154 Å². The van der Waals surface area contributed by atoms with Crippen molar-refractivity contribution < 1.29 is 115 Å². The number of amidine groups is 1. The molecule has 2 amide bonds. The third-order valence-corrected chi connectivity index (χ3v) is 17.5. The summed E-state index contributed by atoms with van der Waals surface area (Å²) in [5.41, 5.74) is 18.4. The van der Waals surface area contributed by atoms with E-state index in [1.807, 2.05) is 91.8 Å². The van der Waals surface area contributed by atoms with Crippen LogP contribution in [0.3, 0.4) is 0 Å². The van der Waals surface area contributed by atoms with Gasteiger partial charge in [0.2, 0.25) is 35.0 Å². The molecular formula is C74H64Cl4LiN7O20. The van der Waals surface area contributed by atoms with Gasteiger partial charge in [0, 0.05) is 77.9 Å². The fourth-order valence-electron chi connectivity index (χ4n) is 10.1. The van der Waals surface area contributed by atoms with Crippen molar-refractivity contribution in [3.63, 3.8) is 0 Å². The number of amides is 2. The second-order valence-electron chi connectivity index (χ2n) is 23.0. The van der Waals surface area contributed by atoms with Crippen molar-refractivity contribution in [2.24, 2.45) is 5.73 Å². The number of carboxylic acid groups (broad SMARTS) is 3. The molecule has 0 aliphatic carbocycles. The number of carbonyl (C=O) groups is 7. The molecule has 544 valence electrons. The van der Waals surface area contributed by atoms with E-state index in [1.165, 1.54) is 32.4 Å². The zero-order valence-corrected chi connectivity index (χ0v) is 61.3. The minimum atomic E-state index is -1.07. The monoisotopic (exact) mass is 1520 g/mol. The number of carboxylic acids is 3. The molecule has 0 atom stereocenters. The van der Waals surface area contributed by atoms with Gasteiger partial charge in [0.15, 0.2) is 11.5 Å². The van der Waals surface area contributed by atoms with Crippen LogP contribution in [0.1, 0.15) is 115 Å². The first-order chi connectivity index (χ1) is 48.9. The number of nitrogens with one attached hydrogen (secondary N) is 1. The Morgan fingerprint density at radius 2 is 0.802 bits per heavy atom. The number of carbonyl (C=O) groups excluding carboxylic acids is 4. The molecule has 0 unspecified atom stereocenters. The number of halogens is 4. The van der Waals surface area contributed by atoms with Crippen molar-refractivity contribution in [2.45, 2.75) is 68.2 Å². The maximum absolute atomic E-state index is 11.5. The van der Waals surface area contributed by atoms with E-state index in [4.69, 9.17) is 99.8 Å². The second-order valence-corrected chi connectivity index (χ2v) is 24.5. The molecule has 13 aromatic rings. The van der Waals surface area contributed by atoms with E-state index >= 15 is 0 Å². The van der Waals surface area contributed by atoms with Gasteiger partial charge in [-0.1, -0.05) is 93.6 Å². The molecule has 0 radical (unpaired) electrons. The first kappa shape index (κ1) is 83.6. The van der Waals surface area contributed by atoms with Gasteiger partial charge in [0.25, 0.3) is 11.8 Å². The summed E-state index contributed by atoms with van der Waals surface area (Å²) in [5, 5.41) is 47.0. The predicted molar refractivity (Wildman–Crippen MR) is 389 cm³/mol. The maximum Gasteiger partial charge on any atom is 1.00 e. The van der Waals surface area contributed by atoms with Gasteiger partial charge >= 0.3 is 48.7 Å². The third-order valence-electron chi connectivity index (χ3n) is 15.9. The van der Waals surface area contributed by atoms with Gasteiger partial charge < -0.3 is 68.2 Å². The van der Waals surface area contributed by atoms with Crippen LogP contribution in [0.25, 0.3) is 90.0 Å². The number of hydrogen-bond acceptors (Lipinski definition) is 21. The molecule has 1 aliphatic rings. The van der Waals surface area contributed by atoms with Crippen LogP contribution < -0.4 is 24.6 Å². The summed E-state index contributed by atoms with van der Waals surface area (Å²) in [4.78, 5) is 84.4. The number of furan rings is 4. The molecule has 7 aromatic carbocycles. The standard InChI is InChI=1S/C20H15ClN2O4.C19H13ClN2O4.C11H9ClO3.C11H10O3.C9H10N2O2.C4H4ClNO2.Li.2H2O/c1-10-8-15(21)11(2)14-9-16(26-17(10)14)19-22-18(23-27-19)12-4-6-13(7-5-12)20(24)25-3;1-9-7-14(20)10(2)13-8-15(25-16(9)13)18-21-17(22-26-18)11-3-5-12(6-4-11)19(23)24;1-5-3-8(12)6(2)7-4-9(11(13)14)15-10(5)7;1-6-3-4-7(2)10-8(6)5-9(14-10)11(12)13;1-13-9(12)7-4-2-6(3-5-7)8(10)11;5-6-3(7)1-2-4(6)8;;;/h4-9H,1-3H3;3-8H,1-2H3,(H,23,24);3-4H,1-2H3,(H,13,14);3-5H,1-2H3,(H,12,13);2-5H,1H3,(H3,10,11);1-2H2;;2*1H2/q;;;;;;+1;;/p-1. The number of nitrogens with zero attached hydrogens (tertiary/aromatic N) is 5. The van der Waals surface area contributed by atoms with Gasteiger partial charge in [-0.3, -0.25) is 15.0 Å². The summed E-state index contributed by atoms with van der Waals surface area (Å²) < 4.78 is 42.8. The van der Waals surface area contributed by atoms with Crippen LogP contribution in [-0.2, 0) is 19.1 Å². The number of benzene rings is 7. The molecule has 1 fully saturated rings. The number of ether oxygens (including phenoxy) is 2. The fraction of sp³-hybridized carbons (Fsp3) is 0.162. The quantitative estimate of drug-likeness (QED) is 0.0212. The van der Waals surface area contributed by atoms with Crippen LogP contribution in [0.5, 0.6) is 0 Å². The van der Waals surface area contributed by atoms with Crippen LogP contribution in [0.2, 0.25) is 15.1 Å². The zero-order valence-electron chi connectivity index (χ0n) is 58.3. The maximum atomic E-state index is 11.5. The Morgan fingerprint density at radius 3 is 1.14 bits per heavy atom. The number of aryl methyl sites for hydroxylation is 8. The Balaban J connectivity index is 0.000000207. The normalized spacial score (nSPS) is 11.2. The van der Waals surface area contributed by atoms with Gasteiger partial charge in [-0.2, -0.15) is 14.4 Å². The summed E-state index contributed by atoms with van der Waals surface area (Å²) in [7, 11) is 2.66. The minimum absolute atomic E-state index is 0. The summed E-state index contributed by atoms with van der Waals surface area (Å²) in [6, 6.07) is 35.5. The van der Waals surface area contributed by atoms with E-state index in [1.54, 1.807) is 72.8 Å². The molecule has 32 heteroatoms. The minimum Gasteiger partial charge on any atom is -0.870 e. The molecule has 0 bridgehead atoms. The number of aromatic nitrogens is 4. The van der Waals surface area contributed by atoms with Gasteiger partial charge in [0.05, 0.1) is 30.9 Å². The number of nitrogens with two attached hydrogens (primary N) is 1. The number of rotatable bonds is 10. The topological polar surface area (TPSA) is 444 Å². The summed E-state index contributed by atoms with van der Waals surface area (Å²) in [6.45, 7) is 15.2. The molecule has 9 N–H and O–H groups in total. The molecule has 0 spiro atoms. The van der Waals surface area contributed by atoms with Crippen molar-refractivity contribution in [3.8, 4) is 46.1 Å². The number of imide groups is 1. The number of hydrogen-bond donors (Lipinski definition) is 5. The number of nitrogen functional groups attached to an aromatic ring is 1. The van der Waals surface area contributed by atoms with Gasteiger partial charge in [-0.25, -0.2) is 24.0 Å². The molecule has 106 heavy (non-hydrogen) atoms. The number of methoxy groups -OCH3 is 2. The Kier molecular flexibility index (Phi) is 28.3.